The third kappa shape index (κ3) is 56.9. The Morgan fingerprint density at radius 3 is 0.887 bits per heavy atom. The maximum absolute atomic E-state index is 12.8. The minimum absolute atomic E-state index is 0.0858. The molecule has 71 heavy (non-hydrogen) atoms. The molecule has 1 atom stereocenters. The molecule has 0 radical (unpaired) electrons. The van der Waals surface area contributed by atoms with Gasteiger partial charge in [0, 0.05) is 19.3 Å². The SMILES string of the molecule is CC/C=C\C/C=C\C/C=C\C/C=C\C/C=C\C/C=C\CCCCCCCCCCCCC(=O)OCC(COC(=O)CCCCCCC)OC(=O)CCCCCCCC/C=C\C/C=C\C/C=C\CCCCC. The molecule has 0 fully saturated rings. The van der Waals surface area contributed by atoms with Crippen LogP contribution in [0.2, 0.25) is 0 Å². The second-order valence-electron chi connectivity index (χ2n) is 19.2. The van der Waals surface area contributed by atoms with E-state index in [1.165, 1.54) is 96.3 Å². The molecule has 0 aliphatic heterocycles. The van der Waals surface area contributed by atoms with Gasteiger partial charge < -0.3 is 14.2 Å². The summed E-state index contributed by atoms with van der Waals surface area (Å²) in [6.45, 7) is 6.40. The van der Waals surface area contributed by atoms with Crippen molar-refractivity contribution in [3.63, 3.8) is 0 Å². The number of carbonyl (C=O) groups is 3. The summed E-state index contributed by atoms with van der Waals surface area (Å²) in [5.74, 6) is -0.916. The molecule has 0 saturated heterocycles. The fourth-order valence-corrected chi connectivity index (χ4v) is 7.86. The van der Waals surface area contributed by atoms with E-state index in [1.54, 1.807) is 0 Å². The summed E-state index contributed by atoms with van der Waals surface area (Å²) in [6, 6.07) is 0. The Balaban J connectivity index is 4.11. The Hall–Kier alpha value is -3.93. The summed E-state index contributed by atoms with van der Waals surface area (Å²) in [5.41, 5.74) is 0. The van der Waals surface area contributed by atoms with E-state index in [2.05, 4.69) is 130 Å². The molecule has 6 nitrogen and oxygen atoms in total. The molecule has 0 rings (SSSR count). The van der Waals surface area contributed by atoms with E-state index in [4.69, 9.17) is 14.2 Å². The number of unbranched alkanes of at least 4 members (excludes halogenated alkanes) is 23. The highest BCUT2D eigenvalue weighted by Gasteiger charge is 2.19. The van der Waals surface area contributed by atoms with Crippen LogP contribution in [0, 0.1) is 0 Å². The van der Waals surface area contributed by atoms with Crippen molar-refractivity contribution in [3.8, 4) is 0 Å². The van der Waals surface area contributed by atoms with Gasteiger partial charge in [-0.15, -0.1) is 0 Å². The summed E-state index contributed by atoms with van der Waals surface area (Å²) < 4.78 is 16.7. The third-order valence-electron chi connectivity index (χ3n) is 12.3. The van der Waals surface area contributed by atoms with Gasteiger partial charge in [0.25, 0.3) is 0 Å². The summed E-state index contributed by atoms with van der Waals surface area (Å²) in [6.07, 6.45) is 79.8. The van der Waals surface area contributed by atoms with Crippen molar-refractivity contribution in [2.45, 2.75) is 271 Å². The van der Waals surface area contributed by atoms with E-state index in [1.807, 2.05) is 0 Å². The average Bonchev–Trinajstić information content (AvgIpc) is 3.37. The molecule has 0 spiro atoms. The first-order valence-corrected chi connectivity index (χ1v) is 29.4. The van der Waals surface area contributed by atoms with Gasteiger partial charge in [-0.25, -0.2) is 0 Å². The standard InChI is InChI=1S/C65H108O6/c1-4-7-10-13-15-17-19-21-23-25-27-28-29-30-31-32-33-34-35-36-38-39-41-43-45-47-49-52-55-58-64(67)70-61-62(60-69-63(66)57-54-51-12-9-6-3)71-65(68)59-56-53-50-48-46-44-42-40-37-26-24-22-20-18-16-14-11-8-5-2/h7,10,15-18,21-24,27-28,30-31,33-34,37,40,62H,4-6,8-9,11-14,19-20,25-26,29,32,35-36,38-39,41-61H2,1-3H3/b10-7-,17-15-,18-16-,23-21-,24-22-,28-27-,31-30-,34-33-,40-37-. The maximum atomic E-state index is 12.8. The molecule has 0 amide bonds. The lowest BCUT2D eigenvalue weighted by molar-refractivity contribution is -0.167. The van der Waals surface area contributed by atoms with Crippen LogP contribution in [0.5, 0.6) is 0 Å². The zero-order valence-electron chi connectivity index (χ0n) is 46.2. The van der Waals surface area contributed by atoms with Crippen LogP contribution in [0.4, 0.5) is 0 Å². The lowest BCUT2D eigenvalue weighted by atomic mass is 10.1. The van der Waals surface area contributed by atoms with Gasteiger partial charge in [0.1, 0.15) is 13.2 Å². The molecule has 404 valence electrons. The fraction of sp³-hybridized carbons (Fsp3) is 0.677. The monoisotopic (exact) mass is 985 g/mol. The van der Waals surface area contributed by atoms with E-state index in [0.29, 0.717) is 19.3 Å². The van der Waals surface area contributed by atoms with Gasteiger partial charge in [-0.2, -0.15) is 0 Å². The van der Waals surface area contributed by atoms with Crippen molar-refractivity contribution in [2.24, 2.45) is 0 Å². The number of allylic oxidation sites excluding steroid dienone is 18. The van der Waals surface area contributed by atoms with Gasteiger partial charge >= 0.3 is 17.9 Å². The van der Waals surface area contributed by atoms with E-state index in [0.717, 1.165) is 128 Å². The van der Waals surface area contributed by atoms with Gasteiger partial charge in [0.05, 0.1) is 0 Å². The molecule has 0 aliphatic carbocycles. The summed E-state index contributed by atoms with van der Waals surface area (Å²) in [4.78, 5) is 37.8. The van der Waals surface area contributed by atoms with E-state index in [9.17, 15) is 14.4 Å². The lowest BCUT2D eigenvalue weighted by Gasteiger charge is -2.18. The van der Waals surface area contributed by atoms with Crippen molar-refractivity contribution in [2.75, 3.05) is 13.2 Å². The van der Waals surface area contributed by atoms with Crippen molar-refractivity contribution >= 4 is 17.9 Å². The molecule has 0 heterocycles. The van der Waals surface area contributed by atoms with Gasteiger partial charge in [-0.05, 0) is 109 Å². The first-order chi connectivity index (χ1) is 35.0. The second kappa shape index (κ2) is 58.6. The maximum Gasteiger partial charge on any atom is 0.306 e. The molecule has 6 heteroatoms. The van der Waals surface area contributed by atoms with Crippen LogP contribution in [-0.4, -0.2) is 37.2 Å². The average molecular weight is 986 g/mol. The largest absolute Gasteiger partial charge is 0.462 e. The van der Waals surface area contributed by atoms with E-state index < -0.39 is 6.10 Å². The topological polar surface area (TPSA) is 78.9 Å². The highest BCUT2D eigenvalue weighted by atomic mass is 16.6. The number of ether oxygens (including phenoxy) is 3. The molecule has 1 unspecified atom stereocenters. The molecular formula is C65H108O6. The number of carbonyl (C=O) groups excluding carboxylic acids is 3. The van der Waals surface area contributed by atoms with Crippen LogP contribution >= 0.6 is 0 Å². The molecule has 0 aromatic heterocycles. The molecule has 0 aliphatic rings. The number of esters is 3. The first kappa shape index (κ1) is 67.1. The quantitative estimate of drug-likeness (QED) is 0.0261. The smallest absolute Gasteiger partial charge is 0.306 e. The Labute approximate surface area is 438 Å². The number of rotatable bonds is 52. The van der Waals surface area contributed by atoms with Gasteiger partial charge in [-0.3, -0.25) is 14.4 Å². The van der Waals surface area contributed by atoms with Crippen molar-refractivity contribution in [3.05, 3.63) is 109 Å². The minimum Gasteiger partial charge on any atom is -0.462 e. The van der Waals surface area contributed by atoms with Gasteiger partial charge in [0.15, 0.2) is 6.10 Å². The fourth-order valence-electron chi connectivity index (χ4n) is 7.86. The normalized spacial score (nSPS) is 12.9. The van der Waals surface area contributed by atoms with E-state index in [-0.39, 0.29) is 31.1 Å². The Kier molecular flexibility index (Phi) is 55.4. The van der Waals surface area contributed by atoms with Crippen LogP contribution in [0.15, 0.2) is 109 Å². The van der Waals surface area contributed by atoms with Gasteiger partial charge in [0.2, 0.25) is 0 Å². The lowest BCUT2D eigenvalue weighted by Crippen LogP contribution is -2.30. The predicted molar refractivity (Wildman–Crippen MR) is 307 cm³/mol. The summed E-state index contributed by atoms with van der Waals surface area (Å²) in [5, 5.41) is 0. The summed E-state index contributed by atoms with van der Waals surface area (Å²) >= 11 is 0. The zero-order valence-corrected chi connectivity index (χ0v) is 46.2. The van der Waals surface area contributed by atoms with Crippen molar-refractivity contribution in [1.29, 1.82) is 0 Å². The predicted octanol–water partition coefficient (Wildman–Crippen LogP) is 19.9. The van der Waals surface area contributed by atoms with Crippen LogP contribution in [0.1, 0.15) is 265 Å². The number of hydrogen-bond acceptors (Lipinski definition) is 6. The van der Waals surface area contributed by atoms with Crippen LogP contribution in [0.25, 0.3) is 0 Å². The summed E-state index contributed by atoms with van der Waals surface area (Å²) in [7, 11) is 0. The Bertz CT molecular complexity index is 1460. The van der Waals surface area contributed by atoms with Crippen molar-refractivity contribution < 1.29 is 28.6 Å². The molecule has 0 aromatic carbocycles. The van der Waals surface area contributed by atoms with Crippen LogP contribution in [-0.2, 0) is 28.6 Å². The van der Waals surface area contributed by atoms with Crippen LogP contribution in [0.3, 0.4) is 0 Å². The molecule has 0 N–H and O–H groups in total. The van der Waals surface area contributed by atoms with E-state index >= 15 is 0 Å². The molecule has 0 bridgehead atoms. The van der Waals surface area contributed by atoms with Gasteiger partial charge in [-0.1, -0.05) is 246 Å². The molecule has 0 aromatic rings. The molecule has 0 saturated carbocycles. The highest BCUT2D eigenvalue weighted by Crippen LogP contribution is 2.15. The Morgan fingerprint density at radius 1 is 0.296 bits per heavy atom. The zero-order chi connectivity index (χ0) is 51.4. The second-order valence-corrected chi connectivity index (χ2v) is 19.2. The Morgan fingerprint density at radius 2 is 0.549 bits per heavy atom. The first-order valence-electron chi connectivity index (χ1n) is 29.4. The van der Waals surface area contributed by atoms with Crippen LogP contribution < -0.4 is 0 Å². The molecular weight excluding hydrogens is 877 g/mol. The highest BCUT2D eigenvalue weighted by molar-refractivity contribution is 5.71. The third-order valence-corrected chi connectivity index (χ3v) is 12.3. The number of hydrogen-bond donors (Lipinski definition) is 0. The van der Waals surface area contributed by atoms with Crippen molar-refractivity contribution in [1.82, 2.24) is 0 Å². The minimum atomic E-state index is -0.784.